The van der Waals surface area contributed by atoms with Crippen LogP contribution >= 0.6 is 27.3 Å². The zero-order valence-electron chi connectivity index (χ0n) is 11.6. The van der Waals surface area contributed by atoms with Crippen molar-refractivity contribution in [3.63, 3.8) is 0 Å². The topological polar surface area (TPSA) is 66.5 Å². The van der Waals surface area contributed by atoms with E-state index in [1.54, 1.807) is 10.4 Å². The molecule has 0 bridgehead atoms. The largest absolute Gasteiger partial charge is 0.353 e. The summed E-state index contributed by atoms with van der Waals surface area (Å²) in [6.45, 7) is 2.86. The minimum Gasteiger partial charge on any atom is -0.353 e. The molecule has 1 aromatic heterocycles. The molecule has 0 aromatic carbocycles. The van der Waals surface area contributed by atoms with Crippen LogP contribution in [0.5, 0.6) is 0 Å². The second kappa shape index (κ2) is 5.64. The second-order valence-corrected chi connectivity index (χ2v) is 10.2. The number of aryl methyl sites for hydroxylation is 1. The summed E-state index contributed by atoms with van der Waals surface area (Å²) in [6, 6.07) is 1.85. The Morgan fingerprint density at radius 3 is 2.86 bits per heavy atom. The van der Waals surface area contributed by atoms with Crippen LogP contribution in [0.25, 0.3) is 0 Å². The van der Waals surface area contributed by atoms with Crippen molar-refractivity contribution in [2.75, 3.05) is 13.1 Å². The van der Waals surface area contributed by atoms with Gasteiger partial charge in [-0.25, -0.2) is 8.42 Å². The third-order valence-corrected chi connectivity index (χ3v) is 8.66. The molecule has 2 fully saturated rings. The smallest absolute Gasteiger partial charge is 0.252 e. The number of hydrogen-bond acceptors (Lipinski definition) is 4. The molecule has 0 saturated carbocycles. The molecule has 0 aliphatic carbocycles. The van der Waals surface area contributed by atoms with Gasteiger partial charge in [0.25, 0.3) is 10.0 Å². The lowest BCUT2D eigenvalue weighted by Crippen LogP contribution is -2.54. The number of thiophene rings is 1. The molecule has 2 saturated heterocycles. The average molecular weight is 393 g/mol. The van der Waals surface area contributed by atoms with Gasteiger partial charge in [-0.15, -0.1) is 11.3 Å². The third-order valence-electron chi connectivity index (χ3n) is 4.21. The van der Waals surface area contributed by atoms with E-state index in [4.69, 9.17) is 0 Å². The zero-order valence-corrected chi connectivity index (χ0v) is 14.9. The predicted octanol–water partition coefficient (Wildman–Crippen LogP) is 2.11. The number of hydrogen-bond donors (Lipinski definition) is 1. The zero-order chi connectivity index (χ0) is 15.2. The van der Waals surface area contributed by atoms with Crippen LogP contribution in [0.15, 0.2) is 14.1 Å². The molecule has 116 valence electrons. The first-order chi connectivity index (χ1) is 9.88. The lowest BCUT2D eigenvalue weighted by Gasteiger charge is -2.40. The molecule has 2 aliphatic heterocycles. The van der Waals surface area contributed by atoms with Gasteiger partial charge in [0.1, 0.15) is 4.21 Å². The number of halogens is 1. The summed E-state index contributed by atoms with van der Waals surface area (Å²) in [5.41, 5.74) is 0.943. The highest BCUT2D eigenvalue weighted by molar-refractivity contribution is 9.11. The van der Waals surface area contributed by atoms with Gasteiger partial charge in [-0.3, -0.25) is 4.79 Å². The summed E-state index contributed by atoms with van der Waals surface area (Å²) >= 11 is 4.64. The van der Waals surface area contributed by atoms with Crippen molar-refractivity contribution in [2.24, 2.45) is 5.92 Å². The van der Waals surface area contributed by atoms with Crippen LogP contribution in [0.4, 0.5) is 0 Å². The van der Waals surface area contributed by atoms with Crippen molar-refractivity contribution < 1.29 is 13.2 Å². The Morgan fingerprint density at radius 2 is 2.19 bits per heavy atom. The predicted molar refractivity (Wildman–Crippen MR) is 84.8 cm³/mol. The molecule has 2 atom stereocenters. The van der Waals surface area contributed by atoms with Crippen molar-refractivity contribution in [1.29, 1.82) is 0 Å². The van der Waals surface area contributed by atoms with Crippen LogP contribution in [-0.2, 0) is 14.8 Å². The summed E-state index contributed by atoms with van der Waals surface area (Å²) in [7, 11) is -3.42. The highest BCUT2D eigenvalue weighted by Crippen LogP contribution is 2.35. The van der Waals surface area contributed by atoms with Gasteiger partial charge in [0.05, 0.1) is 3.79 Å². The second-order valence-electron chi connectivity index (χ2n) is 5.65. The lowest BCUT2D eigenvalue weighted by atomic mass is 9.86. The molecule has 5 nitrogen and oxygen atoms in total. The Kier molecular flexibility index (Phi) is 4.15. The monoisotopic (exact) mass is 392 g/mol. The molecular weight excluding hydrogens is 376 g/mol. The quantitative estimate of drug-likeness (QED) is 0.837. The third kappa shape index (κ3) is 2.91. The van der Waals surface area contributed by atoms with Crippen LogP contribution in [0, 0.1) is 12.8 Å². The summed E-state index contributed by atoms with van der Waals surface area (Å²) < 4.78 is 28.3. The lowest BCUT2D eigenvalue weighted by molar-refractivity contribution is -0.124. The van der Waals surface area contributed by atoms with Crippen molar-refractivity contribution in [1.82, 2.24) is 9.62 Å². The van der Waals surface area contributed by atoms with E-state index in [2.05, 4.69) is 21.2 Å². The van der Waals surface area contributed by atoms with Gasteiger partial charge in [-0.05, 0) is 53.2 Å². The van der Waals surface area contributed by atoms with E-state index in [1.807, 2.05) is 6.92 Å². The van der Waals surface area contributed by atoms with Crippen LogP contribution < -0.4 is 5.32 Å². The van der Waals surface area contributed by atoms with Crippen LogP contribution in [0.1, 0.15) is 24.8 Å². The van der Waals surface area contributed by atoms with E-state index in [1.165, 1.54) is 11.3 Å². The van der Waals surface area contributed by atoms with Gasteiger partial charge in [0, 0.05) is 25.6 Å². The fraction of sp³-hybridized carbons (Fsp3) is 0.615. The van der Waals surface area contributed by atoms with E-state index < -0.39 is 10.0 Å². The molecule has 0 radical (unpaired) electrons. The highest BCUT2D eigenvalue weighted by Gasteiger charge is 2.38. The van der Waals surface area contributed by atoms with E-state index >= 15 is 0 Å². The first-order valence-electron chi connectivity index (χ1n) is 6.93. The van der Waals surface area contributed by atoms with E-state index in [0.29, 0.717) is 30.1 Å². The van der Waals surface area contributed by atoms with Crippen LogP contribution in [0.3, 0.4) is 0 Å². The molecule has 2 aliphatic rings. The molecule has 8 heteroatoms. The minimum absolute atomic E-state index is 0.0883. The number of piperidine rings is 2. The summed E-state index contributed by atoms with van der Waals surface area (Å²) in [4.78, 5) is 11.4. The van der Waals surface area contributed by atoms with Crippen LogP contribution in [-0.4, -0.2) is 37.8 Å². The molecule has 0 spiro atoms. The molecule has 3 rings (SSSR count). The molecule has 1 aromatic rings. The first kappa shape index (κ1) is 15.5. The number of rotatable bonds is 2. The van der Waals surface area contributed by atoms with Crippen molar-refractivity contribution in [3.05, 3.63) is 15.4 Å². The maximum Gasteiger partial charge on any atom is 0.252 e. The fourth-order valence-corrected chi connectivity index (χ4v) is 6.87. The fourth-order valence-electron chi connectivity index (χ4n) is 2.98. The maximum absolute atomic E-state index is 12.7. The van der Waals surface area contributed by atoms with E-state index in [0.717, 1.165) is 15.8 Å². The van der Waals surface area contributed by atoms with Crippen molar-refractivity contribution in [3.8, 4) is 0 Å². The molecule has 1 N–H and O–H groups in total. The minimum atomic E-state index is -3.42. The van der Waals surface area contributed by atoms with Crippen molar-refractivity contribution in [2.45, 2.75) is 36.4 Å². The van der Waals surface area contributed by atoms with Gasteiger partial charge in [-0.1, -0.05) is 0 Å². The number of sulfonamides is 1. The Hall–Kier alpha value is -0.440. The van der Waals surface area contributed by atoms with Gasteiger partial charge in [-0.2, -0.15) is 4.31 Å². The van der Waals surface area contributed by atoms with Gasteiger partial charge >= 0.3 is 0 Å². The molecule has 2 unspecified atom stereocenters. The first-order valence-corrected chi connectivity index (χ1v) is 9.98. The number of amides is 1. The number of carbonyl (C=O) groups excluding carboxylic acids is 1. The molecular formula is C13H17BrN2O3S2. The normalized spacial score (nSPS) is 27.2. The van der Waals surface area contributed by atoms with Crippen molar-refractivity contribution >= 4 is 43.2 Å². The van der Waals surface area contributed by atoms with E-state index in [-0.39, 0.29) is 17.9 Å². The SMILES string of the molecule is Cc1cc(S(=O)(=O)N2CCC3NC(=O)CCC3C2)sc1Br. The Morgan fingerprint density at radius 1 is 1.43 bits per heavy atom. The standard InChI is InChI=1S/C13H17BrN2O3S2/c1-8-6-12(20-13(8)14)21(18,19)16-5-4-10-9(7-16)2-3-11(17)15-10/h6,9-10H,2-5,7H2,1H3,(H,15,17). The molecule has 3 heterocycles. The highest BCUT2D eigenvalue weighted by atomic mass is 79.9. The summed E-state index contributed by atoms with van der Waals surface area (Å²) in [6.07, 6.45) is 1.97. The van der Waals surface area contributed by atoms with Crippen LogP contribution in [0.2, 0.25) is 0 Å². The number of carbonyl (C=O) groups is 1. The average Bonchev–Trinajstić information content (AvgIpc) is 2.78. The Balaban J connectivity index is 1.80. The van der Waals surface area contributed by atoms with Gasteiger partial charge in [0.2, 0.25) is 5.91 Å². The van der Waals surface area contributed by atoms with Gasteiger partial charge in [0.15, 0.2) is 0 Å². The van der Waals surface area contributed by atoms with E-state index in [9.17, 15) is 13.2 Å². The number of fused-ring (bicyclic) bond motifs is 1. The Bertz CT molecular complexity index is 651. The summed E-state index contributed by atoms with van der Waals surface area (Å²) in [5, 5.41) is 2.98. The Labute approximate surface area is 136 Å². The number of nitrogens with zero attached hydrogens (tertiary/aromatic N) is 1. The number of nitrogens with one attached hydrogen (secondary N) is 1. The summed E-state index contributed by atoms with van der Waals surface area (Å²) in [5.74, 6) is 0.320. The molecule has 1 amide bonds. The van der Waals surface area contributed by atoms with Gasteiger partial charge < -0.3 is 5.32 Å². The molecule has 21 heavy (non-hydrogen) atoms. The maximum atomic E-state index is 12.7.